The number of benzene rings is 1. The van der Waals surface area contributed by atoms with E-state index in [4.69, 9.17) is 4.74 Å². The average Bonchev–Trinajstić information content (AvgIpc) is 2.91. The summed E-state index contributed by atoms with van der Waals surface area (Å²) in [7, 11) is 0. The Kier molecular flexibility index (Phi) is 5.49. The van der Waals surface area contributed by atoms with Crippen molar-refractivity contribution in [1.82, 2.24) is 10.2 Å². The van der Waals surface area contributed by atoms with E-state index in [2.05, 4.69) is 38.4 Å². The predicted octanol–water partition coefficient (Wildman–Crippen LogP) is 3.27. The van der Waals surface area contributed by atoms with Gasteiger partial charge in [0.15, 0.2) is 6.61 Å². The van der Waals surface area contributed by atoms with Crippen molar-refractivity contribution in [3.05, 3.63) is 33.7 Å². The first-order chi connectivity index (χ1) is 9.69. The molecule has 7 heteroatoms. The molecule has 2 aromatic rings. The van der Waals surface area contributed by atoms with E-state index >= 15 is 0 Å². The summed E-state index contributed by atoms with van der Waals surface area (Å²) in [6.07, 6.45) is 2.12. The lowest BCUT2D eigenvalue weighted by molar-refractivity contribution is -0.118. The Morgan fingerprint density at radius 2 is 2.35 bits per heavy atom. The summed E-state index contributed by atoms with van der Waals surface area (Å²) in [4.78, 5) is 11.7. The molecule has 0 aliphatic carbocycles. The molecule has 1 heterocycles. The molecule has 0 fully saturated rings. The molecule has 0 aliphatic heterocycles. The molecule has 2 rings (SSSR count). The fraction of sp³-hybridized carbons (Fsp3) is 0.308. The minimum atomic E-state index is -0.258. The highest BCUT2D eigenvalue weighted by Gasteiger charge is 2.08. The molecule has 0 atom stereocenters. The van der Waals surface area contributed by atoms with Crippen molar-refractivity contribution in [2.24, 2.45) is 0 Å². The minimum Gasteiger partial charge on any atom is -0.483 e. The van der Waals surface area contributed by atoms with Crippen molar-refractivity contribution in [3.63, 3.8) is 0 Å². The van der Waals surface area contributed by atoms with Crippen molar-refractivity contribution < 1.29 is 9.53 Å². The van der Waals surface area contributed by atoms with Gasteiger partial charge in [-0.2, -0.15) is 0 Å². The van der Waals surface area contributed by atoms with Gasteiger partial charge in [-0.3, -0.25) is 10.1 Å². The number of ether oxygens (including phenoxy) is 1. The van der Waals surface area contributed by atoms with E-state index in [9.17, 15) is 4.79 Å². The van der Waals surface area contributed by atoms with Gasteiger partial charge in [0.1, 0.15) is 11.3 Å². The lowest BCUT2D eigenvalue weighted by atomic mass is 10.1. The molecule has 1 aromatic heterocycles. The predicted molar refractivity (Wildman–Crippen MR) is 82.2 cm³/mol. The van der Waals surface area contributed by atoms with Gasteiger partial charge in [-0.1, -0.05) is 30.7 Å². The van der Waals surface area contributed by atoms with Crippen LogP contribution in [0.5, 0.6) is 5.75 Å². The van der Waals surface area contributed by atoms with E-state index in [-0.39, 0.29) is 12.5 Å². The molecule has 106 valence electrons. The fourth-order valence-electron chi connectivity index (χ4n) is 1.63. The molecule has 1 N–H and O–H groups in total. The summed E-state index contributed by atoms with van der Waals surface area (Å²) >= 11 is 4.72. The van der Waals surface area contributed by atoms with E-state index in [0.29, 0.717) is 10.9 Å². The Morgan fingerprint density at radius 1 is 1.50 bits per heavy atom. The lowest BCUT2D eigenvalue weighted by Gasteiger charge is -2.09. The average molecular weight is 356 g/mol. The van der Waals surface area contributed by atoms with Crippen molar-refractivity contribution in [2.75, 3.05) is 11.9 Å². The van der Waals surface area contributed by atoms with E-state index in [1.165, 1.54) is 16.9 Å². The first kappa shape index (κ1) is 14.9. The van der Waals surface area contributed by atoms with Crippen LogP contribution in [0.1, 0.15) is 18.9 Å². The molecule has 5 nitrogen and oxygen atoms in total. The van der Waals surface area contributed by atoms with Gasteiger partial charge in [0.05, 0.1) is 4.47 Å². The first-order valence-corrected chi connectivity index (χ1v) is 7.83. The van der Waals surface area contributed by atoms with Gasteiger partial charge < -0.3 is 4.74 Å². The minimum absolute atomic E-state index is 0.0642. The number of anilines is 1. The second kappa shape index (κ2) is 7.35. The highest BCUT2D eigenvalue weighted by atomic mass is 79.9. The Balaban J connectivity index is 1.88. The molecule has 0 aliphatic rings. The largest absolute Gasteiger partial charge is 0.483 e. The van der Waals surface area contributed by atoms with Crippen molar-refractivity contribution in [1.29, 1.82) is 0 Å². The molecule has 1 amide bonds. The van der Waals surface area contributed by atoms with Gasteiger partial charge >= 0.3 is 0 Å². The van der Waals surface area contributed by atoms with Crippen LogP contribution < -0.4 is 10.1 Å². The van der Waals surface area contributed by atoms with E-state index < -0.39 is 0 Å². The summed E-state index contributed by atoms with van der Waals surface area (Å²) < 4.78 is 6.33. The molecule has 0 saturated carbocycles. The smallest absolute Gasteiger partial charge is 0.264 e. The monoisotopic (exact) mass is 355 g/mol. The number of nitrogens with zero attached hydrogens (tertiary/aromatic N) is 2. The first-order valence-electron chi connectivity index (χ1n) is 6.16. The zero-order chi connectivity index (χ0) is 14.4. The summed E-state index contributed by atoms with van der Waals surface area (Å²) in [5.41, 5.74) is 2.80. The Labute approximate surface area is 129 Å². The van der Waals surface area contributed by atoms with Crippen LogP contribution in [0.25, 0.3) is 0 Å². The third-order valence-electron chi connectivity index (χ3n) is 2.50. The maximum Gasteiger partial charge on any atom is 0.264 e. The van der Waals surface area contributed by atoms with E-state index in [1.54, 1.807) is 5.51 Å². The fourth-order valence-corrected chi connectivity index (χ4v) is 2.63. The standard InChI is InChI=1S/C13H14BrN3O2S/c1-2-3-9-4-5-11(10(14)6-9)19-7-12(18)16-13-17-15-8-20-13/h4-6,8H,2-3,7H2,1H3,(H,16,17,18). The van der Waals surface area contributed by atoms with Gasteiger partial charge in [0, 0.05) is 0 Å². The maximum absolute atomic E-state index is 11.7. The SMILES string of the molecule is CCCc1ccc(OCC(=O)Nc2nncs2)c(Br)c1. The number of carbonyl (C=O) groups excluding carboxylic acids is 1. The topological polar surface area (TPSA) is 64.1 Å². The Bertz CT molecular complexity index is 575. The summed E-state index contributed by atoms with van der Waals surface area (Å²) in [6, 6.07) is 5.89. The number of amides is 1. The molecular formula is C13H14BrN3O2S. The van der Waals surface area contributed by atoms with Gasteiger partial charge in [0.25, 0.3) is 5.91 Å². The van der Waals surface area contributed by atoms with E-state index in [1.807, 2.05) is 18.2 Å². The highest BCUT2D eigenvalue weighted by molar-refractivity contribution is 9.10. The van der Waals surface area contributed by atoms with Crippen molar-refractivity contribution >= 4 is 38.3 Å². The number of aryl methyl sites for hydroxylation is 1. The molecular weight excluding hydrogens is 342 g/mol. The van der Waals surface area contributed by atoms with Gasteiger partial charge in [0.2, 0.25) is 5.13 Å². The number of hydrogen-bond donors (Lipinski definition) is 1. The van der Waals surface area contributed by atoms with Gasteiger partial charge in [-0.15, -0.1) is 10.2 Å². The number of halogens is 1. The third kappa shape index (κ3) is 4.28. The number of carbonyl (C=O) groups is 1. The van der Waals surface area contributed by atoms with E-state index in [0.717, 1.165) is 17.3 Å². The maximum atomic E-state index is 11.7. The van der Waals surface area contributed by atoms with Crippen molar-refractivity contribution in [2.45, 2.75) is 19.8 Å². The number of nitrogens with one attached hydrogen (secondary N) is 1. The van der Waals surface area contributed by atoms with Gasteiger partial charge in [-0.05, 0) is 40.0 Å². The summed E-state index contributed by atoms with van der Waals surface area (Å²) in [5, 5.41) is 10.5. The zero-order valence-corrected chi connectivity index (χ0v) is 13.3. The molecule has 0 saturated heterocycles. The molecule has 20 heavy (non-hydrogen) atoms. The van der Waals surface area contributed by atoms with Crippen molar-refractivity contribution in [3.8, 4) is 5.75 Å². The lowest BCUT2D eigenvalue weighted by Crippen LogP contribution is -2.20. The molecule has 0 unspecified atom stereocenters. The Morgan fingerprint density at radius 3 is 3.00 bits per heavy atom. The Hall–Kier alpha value is -1.47. The summed E-state index contributed by atoms with van der Waals surface area (Å²) in [6.45, 7) is 2.07. The van der Waals surface area contributed by atoms with Crippen LogP contribution in [0, 0.1) is 0 Å². The molecule has 0 spiro atoms. The molecule has 0 radical (unpaired) electrons. The molecule has 1 aromatic carbocycles. The summed E-state index contributed by atoms with van der Waals surface area (Å²) in [5.74, 6) is 0.392. The molecule has 0 bridgehead atoms. The second-order valence-corrected chi connectivity index (χ2v) is 5.78. The highest BCUT2D eigenvalue weighted by Crippen LogP contribution is 2.26. The normalized spacial score (nSPS) is 10.3. The van der Waals surface area contributed by atoms with Crippen LogP contribution in [0.2, 0.25) is 0 Å². The zero-order valence-electron chi connectivity index (χ0n) is 10.9. The third-order valence-corrected chi connectivity index (χ3v) is 3.73. The van der Waals surface area contributed by atoms with Crippen LogP contribution >= 0.6 is 27.3 Å². The number of hydrogen-bond acceptors (Lipinski definition) is 5. The van der Waals surface area contributed by atoms with Gasteiger partial charge in [-0.25, -0.2) is 0 Å². The second-order valence-electron chi connectivity index (χ2n) is 4.10. The number of rotatable bonds is 6. The van der Waals surface area contributed by atoms with Crippen LogP contribution in [-0.2, 0) is 11.2 Å². The number of aromatic nitrogens is 2. The van der Waals surface area contributed by atoms with Crippen LogP contribution in [0.4, 0.5) is 5.13 Å². The van der Waals surface area contributed by atoms with Crippen LogP contribution in [0.15, 0.2) is 28.2 Å². The quantitative estimate of drug-likeness (QED) is 0.863. The van der Waals surface area contributed by atoms with Crippen LogP contribution in [-0.4, -0.2) is 22.7 Å². The van der Waals surface area contributed by atoms with Crippen LogP contribution in [0.3, 0.4) is 0 Å².